The van der Waals surface area contributed by atoms with Crippen LogP contribution in [0.4, 0.5) is 8.78 Å². The first kappa shape index (κ1) is 21.1. The molecular weight excluding hydrogens is 404 g/mol. The van der Waals surface area contributed by atoms with Crippen molar-refractivity contribution in [1.29, 1.82) is 0 Å². The molecule has 1 fully saturated rings. The average Bonchev–Trinajstić information content (AvgIpc) is 2.72. The van der Waals surface area contributed by atoms with E-state index in [4.69, 9.17) is 4.74 Å². The molecule has 1 amide bonds. The van der Waals surface area contributed by atoms with E-state index in [0.29, 0.717) is 0 Å². The number of carbonyl (C=O) groups excluding carboxylic acids is 1. The molecule has 1 atom stereocenters. The van der Waals surface area contributed by atoms with Crippen molar-refractivity contribution >= 4 is 15.9 Å². The van der Waals surface area contributed by atoms with Gasteiger partial charge in [-0.15, -0.1) is 0 Å². The van der Waals surface area contributed by atoms with E-state index in [9.17, 15) is 17.6 Å². The van der Waals surface area contributed by atoms with E-state index in [1.807, 2.05) is 0 Å². The van der Waals surface area contributed by atoms with Crippen LogP contribution in [0.1, 0.15) is 18.4 Å². The Bertz CT molecular complexity index is 988. The quantitative estimate of drug-likeness (QED) is 0.765. The Kier molecular flexibility index (Phi) is 6.13. The molecule has 156 valence electrons. The van der Waals surface area contributed by atoms with Crippen LogP contribution < -0.4 is 10.1 Å². The lowest BCUT2D eigenvalue weighted by molar-refractivity contribution is -0.135. The molecule has 1 unspecified atom stereocenters. The maximum absolute atomic E-state index is 15.4. The number of hydrogen-bond acceptors (Lipinski definition) is 5. The number of nitrogens with zero attached hydrogens (tertiary/aromatic N) is 2. The minimum Gasteiger partial charge on any atom is -0.495 e. The van der Waals surface area contributed by atoms with Gasteiger partial charge in [-0.3, -0.25) is 9.78 Å². The van der Waals surface area contributed by atoms with E-state index in [2.05, 4.69) is 10.3 Å². The number of piperidine rings is 1. The Hall–Kier alpha value is -2.59. The molecule has 0 radical (unpaired) electrons. The summed E-state index contributed by atoms with van der Waals surface area (Å²) in [5.74, 6) is -1.70. The Morgan fingerprint density at radius 3 is 2.72 bits per heavy atom. The summed E-state index contributed by atoms with van der Waals surface area (Å²) < 4.78 is 60.9. The van der Waals surface area contributed by atoms with E-state index < -0.39 is 38.9 Å². The Labute approximate surface area is 167 Å². The lowest BCUT2D eigenvalue weighted by atomic mass is 9.95. The number of pyridine rings is 1. The van der Waals surface area contributed by atoms with Gasteiger partial charge in [0.25, 0.3) is 5.91 Å². The third-order valence-corrected chi connectivity index (χ3v) is 6.63. The first-order valence-corrected chi connectivity index (χ1v) is 10.4. The van der Waals surface area contributed by atoms with Crippen LogP contribution in [-0.4, -0.2) is 49.5 Å². The smallest absolute Gasteiger partial charge is 0.259 e. The molecule has 1 aromatic carbocycles. The van der Waals surface area contributed by atoms with Crippen molar-refractivity contribution in [3.05, 3.63) is 54.1 Å². The number of rotatable bonds is 6. The van der Waals surface area contributed by atoms with Gasteiger partial charge in [0.1, 0.15) is 16.5 Å². The highest BCUT2D eigenvalue weighted by atomic mass is 32.2. The maximum atomic E-state index is 15.4. The van der Waals surface area contributed by atoms with Crippen LogP contribution in [0.2, 0.25) is 0 Å². The van der Waals surface area contributed by atoms with Crippen molar-refractivity contribution in [3.8, 4) is 5.75 Å². The van der Waals surface area contributed by atoms with Gasteiger partial charge in [0.05, 0.1) is 13.7 Å². The van der Waals surface area contributed by atoms with Crippen molar-refractivity contribution in [2.24, 2.45) is 0 Å². The molecular formula is C19H21F2N3O4S. The lowest BCUT2D eigenvalue weighted by Crippen LogP contribution is -2.55. The minimum absolute atomic E-state index is 0.0192. The fourth-order valence-electron chi connectivity index (χ4n) is 3.20. The van der Waals surface area contributed by atoms with Crippen LogP contribution in [-0.2, 0) is 21.4 Å². The second-order valence-electron chi connectivity index (χ2n) is 6.74. The predicted molar refractivity (Wildman–Crippen MR) is 101 cm³/mol. The van der Waals surface area contributed by atoms with Gasteiger partial charge in [-0.1, -0.05) is 0 Å². The first-order valence-electron chi connectivity index (χ1n) is 8.96. The average molecular weight is 425 g/mol. The fourth-order valence-corrected chi connectivity index (χ4v) is 4.89. The molecule has 1 aromatic heterocycles. The molecule has 1 saturated heterocycles. The van der Waals surface area contributed by atoms with Gasteiger partial charge < -0.3 is 10.1 Å². The molecule has 7 nitrogen and oxygen atoms in total. The van der Waals surface area contributed by atoms with Crippen molar-refractivity contribution < 1.29 is 26.7 Å². The van der Waals surface area contributed by atoms with Gasteiger partial charge in [-0.25, -0.2) is 17.2 Å². The number of methoxy groups -OCH3 is 1. The summed E-state index contributed by atoms with van der Waals surface area (Å²) in [6, 6.07) is 6.45. The number of carbonyl (C=O) groups is 1. The zero-order chi connectivity index (χ0) is 21.1. The Morgan fingerprint density at radius 2 is 2.03 bits per heavy atom. The van der Waals surface area contributed by atoms with Crippen molar-refractivity contribution in [1.82, 2.24) is 14.6 Å². The standard InChI is InChI=1S/C19H21F2N3O4S/c1-28-16-4-3-15(20)11-17(16)29(26,27)24-10-2-7-19(21,13-24)18(25)23-12-14-5-8-22-9-6-14/h3-6,8-9,11H,2,7,10,12-13H2,1H3,(H,23,25). The van der Waals surface area contributed by atoms with Crippen LogP contribution in [0, 0.1) is 5.82 Å². The third-order valence-electron chi connectivity index (χ3n) is 4.76. The van der Waals surface area contributed by atoms with Crippen molar-refractivity contribution in [2.45, 2.75) is 30.0 Å². The summed E-state index contributed by atoms with van der Waals surface area (Å²) in [7, 11) is -3.00. The number of benzene rings is 1. The summed E-state index contributed by atoms with van der Waals surface area (Å²) in [4.78, 5) is 15.9. The summed E-state index contributed by atoms with van der Waals surface area (Å²) in [6.07, 6.45) is 3.14. The van der Waals surface area contributed by atoms with Gasteiger partial charge in [0, 0.05) is 25.5 Å². The van der Waals surface area contributed by atoms with Crippen LogP contribution in [0.3, 0.4) is 0 Å². The number of ether oxygens (including phenoxy) is 1. The number of alkyl halides is 1. The van der Waals surface area contributed by atoms with Gasteiger partial charge in [0.15, 0.2) is 0 Å². The first-order chi connectivity index (χ1) is 13.8. The third kappa shape index (κ3) is 4.54. The normalized spacial score (nSPS) is 20.2. The maximum Gasteiger partial charge on any atom is 0.259 e. The Morgan fingerprint density at radius 1 is 1.31 bits per heavy atom. The van der Waals surface area contributed by atoms with E-state index in [-0.39, 0.29) is 31.7 Å². The monoisotopic (exact) mass is 425 g/mol. The van der Waals surface area contributed by atoms with E-state index in [1.54, 1.807) is 24.5 Å². The number of halogens is 2. The summed E-state index contributed by atoms with van der Waals surface area (Å²) in [5, 5.41) is 2.50. The summed E-state index contributed by atoms with van der Waals surface area (Å²) in [6.45, 7) is -0.542. The molecule has 0 bridgehead atoms. The zero-order valence-electron chi connectivity index (χ0n) is 15.8. The predicted octanol–water partition coefficient (Wildman–Crippen LogP) is 2.04. The molecule has 1 N–H and O–H groups in total. The highest BCUT2D eigenvalue weighted by molar-refractivity contribution is 7.89. The molecule has 3 rings (SSSR count). The molecule has 10 heteroatoms. The molecule has 0 saturated carbocycles. The van der Waals surface area contributed by atoms with Crippen LogP contribution in [0.15, 0.2) is 47.6 Å². The molecule has 2 aromatic rings. The van der Waals surface area contributed by atoms with Gasteiger partial charge in [0.2, 0.25) is 15.7 Å². The van der Waals surface area contributed by atoms with Gasteiger partial charge in [-0.2, -0.15) is 4.31 Å². The van der Waals surface area contributed by atoms with Crippen LogP contribution in [0.5, 0.6) is 5.75 Å². The Balaban J connectivity index is 1.78. The van der Waals surface area contributed by atoms with E-state index in [1.165, 1.54) is 13.2 Å². The molecule has 1 aliphatic rings. The summed E-state index contributed by atoms with van der Waals surface area (Å²) in [5.41, 5.74) is -1.65. The highest BCUT2D eigenvalue weighted by Gasteiger charge is 2.46. The fraction of sp³-hybridized carbons (Fsp3) is 0.368. The number of amides is 1. The van der Waals surface area contributed by atoms with Crippen molar-refractivity contribution in [2.75, 3.05) is 20.2 Å². The van der Waals surface area contributed by atoms with E-state index in [0.717, 1.165) is 22.0 Å². The van der Waals surface area contributed by atoms with Gasteiger partial charge >= 0.3 is 0 Å². The summed E-state index contributed by atoms with van der Waals surface area (Å²) >= 11 is 0. The number of aromatic nitrogens is 1. The lowest BCUT2D eigenvalue weighted by Gasteiger charge is -2.35. The molecule has 1 aliphatic heterocycles. The zero-order valence-corrected chi connectivity index (χ0v) is 16.6. The molecule has 0 spiro atoms. The molecule has 2 heterocycles. The second kappa shape index (κ2) is 8.42. The van der Waals surface area contributed by atoms with Crippen LogP contribution in [0.25, 0.3) is 0 Å². The number of nitrogens with one attached hydrogen (secondary N) is 1. The van der Waals surface area contributed by atoms with Crippen molar-refractivity contribution in [3.63, 3.8) is 0 Å². The highest BCUT2D eigenvalue weighted by Crippen LogP contribution is 2.33. The number of hydrogen-bond donors (Lipinski definition) is 1. The topological polar surface area (TPSA) is 88.6 Å². The number of sulfonamides is 1. The second-order valence-corrected chi connectivity index (χ2v) is 8.65. The van der Waals surface area contributed by atoms with E-state index >= 15 is 4.39 Å². The minimum atomic E-state index is -4.26. The molecule has 29 heavy (non-hydrogen) atoms. The van der Waals surface area contributed by atoms with Gasteiger partial charge in [-0.05, 0) is 48.7 Å². The molecule has 0 aliphatic carbocycles. The van der Waals surface area contributed by atoms with Crippen LogP contribution >= 0.6 is 0 Å². The SMILES string of the molecule is COc1ccc(F)cc1S(=O)(=O)N1CCCC(F)(C(=O)NCc2ccncc2)C1. The largest absolute Gasteiger partial charge is 0.495 e.